The minimum absolute atomic E-state index is 0. The fourth-order valence-electron chi connectivity index (χ4n) is 0.710. The molecule has 0 saturated carbocycles. The highest BCUT2D eigenvalue weighted by Gasteiger charge is 2.08. The quantitative estimate of drug-likeness (QED) is 0.480. The van der Waals surface area contributed by atoms with Gasteiger partial charge < -0.3 is 19.1 Å². The van der Waals surface area contributed by atoms with Gasteiger partial charge in [0.05, 0.1) is 27.6 Å². The summed E-state index contributed by atoms with van der Waals surface area (Å²) in [4.78, 5) is 20.9. The predicted octanol–water partition coefficient (Wildman–Crippen LogP) is -0.656. The van der Waals surface area contributed by atoms with Gasteiger partial charge in [-0.2, -0.15) is 0 Å². The molecule has 0 aromatic carbocycles. The Morgan fingerprint density at radius 3 is 2.13 bits per heavy atom. The maximum absolute atomic E-state index is 10.9. The van der Waals surface area contributed by atoms with Crippen LogP contribution < -0.4 is 5.11 Å². The molecule has 0 atom stereocenters. The highest BCUT2D eigenvalue weighted by atomic mass is 79.9. The van der Waals surface area contributed by atoms with Gasteiger partial charge in [0, 0.05) is 5.97 Å². The van der Waals surface area contributed by atoms with E-state index >= 15 is 0 Å². The first-order valence-electron chi connectivity index (χ1n) is 4.47. The van der Waals surface area contributed by atoms with Gasteiger partial charge >= 0.3 is 5.97 Å². The van der Waals surface area contributed by atoms with Crippen molar-refractivity contribution < 1.29 is 23.9 Å². The van der Waals surface area contributed by atoms with Crippen LogP contribution in [0.15, 0.2) is 0 Å². The number of aliphatic carboxylic acids is 1. The molecule has 0 unspecified atom stereocenters. The van der Waals surface area contributed by atoms with Crippen molar-refractivity contribution >= 4 is 28.9 Å². The van der Waals surface area contributed by atoms with Gasteiger partial charge in [-0.3, -0.25) is 4.79 Å². The summed E-state index contributed by atoms with van der Waals surface area (Å²) in [6, 6.07) is 0. The Hall–Kier alpha value is -0.620. The summed E-state index contributed by atoms with van der Waals surface area (Å²) in [5, 5.41) is 10.0. The molecule has 0 amide bonds. The summed E-state index contributed by atoms with van der Waals surface area (Å²) in [6.07, 6.45) is -0.386. The first kappa shape index (κ1) is 16.8. The molecule has 0 heterocycles. The van der Waals surface area contributed by atoms with Crippen LogP contribution in [0.2, 0.25) is 0 Å². The molecule has 0 fully saturated rings. The third-order valence-corrected chi connectivity index (χ3v) is 1.56. The van der Waals surface area contributed by atoms with Crippen molar-refractivity contribution in [1.82, 2.24) is 0 Å². The molecular formula is C9H18BrNO4. The van der Waals surface area contributed by atoms with E-state index < -0.39 is 11.9 Å². The van der Waals surface area contributed by atoms with Gasteiger partial charge in [-0.25, -0.2) is 0 Å². The molecule has 90 valence electrons. The summed E-state index contributed by atoms with van der Waals surface area (Å²) in [5.41, 5.74) is 0. The van der Waals surface area contributed by atoms with Crippen LogP contribution in [-0.4, -0.2) is 50.7 Å². The largest absolute Gasteiger partial charge is 0.550 e. The Morgan fingerprint density at radius 2 is 1.73 bits per heavy atom. The van der Waals surface area contributed by atoms with E-state index in [1.54, 1.807) is 0 Å². The number of rotatable bonds is 6. The Labute approximate surface area is 100 Å². The zero-order valence-corrected chi connectivity index (χ0v) is 11.0. The number of hydrogen-bond donors (Lipinski definition) is 0. The number of carbonyl (C=O) groups is 2. The molecule has 6 heteroatoms. The number of halogens is 1. The summed E-state index contributed by atoms with van der Waals surface area (Å²) < 4.78 is 5.52. The topological polar surface area (TPSA) is 66.4 Å². The number of likely N-dealkylation sites (N-methyl/N-ethyl adjacent to an activating group) is 1. The van der Waals surface area contributed by atoms with Crippen molar-refractivity contribution in [3.63, 3.8) is 0 Å². The monoisotopic (exact) mass is 283 g/mol. The number of esters is 1. The van der Waals surface area contributed by atoms with Crippen LogP contribution in [0.1, 0.15) is 12.8 Å². The van der Waals surface area contributed by atoms with Gasteiger partial charge in [0.2, 0.25) is 0 Å². The van der Waals surface area contributed by atoms with E-state index in [9.17, 15) is 14.7 Å². The first-order valence-corrected chi connectivity index (χ1v) is 4.47. The van der Waals surface area contributed by atoms with Gasteiger partial charge in [0.15, 0.2) is 0 Å². The Balaban J connectivity index is 0. The Kier molecular flexibility index (Phi) is 8.56. The average molecular weight is 284 g/mol. The summed E-state index contributed by atoms with van der Waals surface area (Å²) in [6.45, 7) is 1.02. The van der Waals surface area contributed by atoms with Gasteiger partial charge in [-0.05, 0) is 6.42 Å². The second kappa shape index (κ2) is 7.64. The van der Waals surface area contributed by atoms with E-state index in [0.29, 0.717) is 17.6 Å². The highest BCUT2D eigenvalue weighted by molar-refractivity contribution is 8.93. The lowest BCUT2D eigenvalue weighted by Crippen LogP contribution is -2.38. The van der Waals surface area contributed by atoms with Crippen molar-refractivity contribution in [2.24, 2.45) is 0 Å². The van der Waals surface area contributed by atoms with E-state index in [1.807, 2.05) is 21.1 Å². The van der Waals surface area contributed by atoms with Gasteiger partial charge in [-0.15, -0.1) is 17.0 Å². The average Bonchev–Trinajstić information content (AvgIpc) is 1.98. The highest BCUT2D eigenvalue weighted by Crippen LogP contribution is 1.94. The number of carbonyl (C=O) groups excluding carboxylic acids is 2. The minimum Gasteiger partial charge on any atom is -0.550 e. The van der Waals surface area contributed by atoms with Crippen LogP contribution in [0, 0.1) is 0 Å². The predicted molar refractivity (Wildman–Crippen MR) is 58.4 cm³/mol. The lowest BCUT2D eigenvalue weighted by molar-refractivity contribution is -0.870. The summed E-state index contributed by atoms with van der Waals surface area (Å²) in [5.74, 6) is -1.71. The van der Waals surface area contributed by atoms with E-state index in [2.05, 4.69) is 0 Å². The van der Waals surface area contributed by atoms with Crippen LogP contribution >= 0.6 is 17.0 Å². The zero-order chi connectivity index (χ0) is 11.2. The van der Waals surface area contributed by atoms with E-state index in [4.69, 9.17) is 4.74 Å². The van der Waals surface area contributed by atoms with Crippen molar-refractivity contribution in [2.45, 2.75) is 12.8 Å². The van der Waals surface area contributed by atoms with Gasteiger partial charge in [0.1, 0.15) is 13.2 Å². The maximum Gasteiger partial charge on any atom is 0.306 e. The molecule has 15 heavy (non-hydrogen) atoms. The second-order valence-corrected chi connectivity index (χ2v) is 4.11. The summed E-state index contributed by atoms with van der Waals surface area (Å²) >= 11 is 0. The molecular weight excluding hydrogens is 266 g/mol. The molecule has 0 rings (SSSR count). The lowest BCUT2D eigenvalue weighted by Gasteiger charge is -2.23. The normalized spacial score (nSPS) is 10.3. The minimum atomic E-state index is -1.23. The first-order chi connectivity index (χ1) is 6.31. The van der Waals surface area contributed by atoms with E-state index in [-0.39, 0.29) is 29.8 Å². The number of carboxylic acid groups (broad SMARTS) is 1. The number of nitrogens with zero attached hydrogens (tertiary/aromatic N) is 1. The standard InChI is InChI=1S/C9H17NO4.BrH/c1-10(2,3)6-7-14-9(13)5-4-8(11)12;/h4-7H2,1-3H3;1H. The molecule has 5 nitrogen and oxygen atoms in total. The molecule has 0 aliphatic rings. The van der Waals surface area contributed by atoms with Crippen molar-refractivity contribution in [3.8, 4) is 0 Å². The second-order valence-electron chi connectivity index (χ2n) is 4.11. The van der Waals surface area contributed by atoms with Crippen LogP contribution in [-0.2, 0) is 14.3 Å². The zero-order valence-electron chi connectivity index (χ0n) is 9.32. The van der Waals surface area contributed by atoms with E-state index in [0.717, 1.165) is 0 Å². The molecule has 0 bridgehead atoms. The number of hydrogen-bond acceptors (Lipinski definition) is 4. The molecule has 0 aromatic heterocycles. The van der Waals surface area contributed by atoms with Crippen molar-refractivity contribution in [1.29, 1.82) is 0 Å². The molecule has 0 N–H and O–H groups in total. The number of quaternary nitrogens is 1. The lowest BCUT2D eigenvalue weighted by atomic mass is 10.3. The van der Waals surface area contributed by atoms with Crippen molar-refractivity contribution in [3.05, 3.63) is 0 Å². The van der Waals surface area contributed by atoms with Crippen LogP contribution in [0.25, 0.3) is 0 Å². The molecule has 0 spiro atoms. The van der Waals surface area contributed by atoms with Crippen LogP contribution in [0.3, 0.4) is 0 Å². The van der Waals surface area contributed by atoms with Gasteiger partial charge in [-0.1, -0.05) is 0 Å². The van der Waals surface area contributed by atoms with Crippen molar-refractivity contribution in [2.75, 3.05) is 34.3 Å². The number of carboxylic acids is 1. The fraction of sp³-hybridized carbons (Fsp3) is 0.778. The molecule has 0 saturated heterocycles. The Morgan fingerprint density at radius 1 is 1.20 bits per heavy atom. The van der Waals surface area contributed by atoms with Gasteiger partial charge in [0.25, 0.3) is 0 Å². The SMILES string of the molecule is Br.C[N+](C)(C)CCOC(=O)CCC(=O)[O-]. The number of ether oxygens (including phenoxy) is 1. The van der Waals surface area contributed by atoms with Crippen LogP contribution in [0.4, 0.5) is 0 Å². The third kappa shape index (κ3) is 13.4. The molecule has 0 radical (unpaired) electrons. The molecule has 0 aromatic rings. The fourth-order valence-corrected chi connectivity index (χ4v) is 0.710. The smallest absolute Gasteiger partial charge is 0.306 e. The molecule has 0 aliphatic carbocycles. The third-order valence-electron chi connectivity index (χ3n) is 1.56. The molecule has 0 aliphatic heterocycles. The summed E-state index contributed by atoms with van der Waals surface area (Å²) in [7, 11) is 5.94. The maximum atomic E-state index is 10.9. The Bertz CT molecular complexity index is 213. The van der Waals surface area contributed by atoms with E-state index in [1.165, 1.54) is 0 Å². The van der Waals surface area contributed by atoms with Crippen LogP contribution in [0.5, 0.6) is 0 Å².